The van der Waals surface area contributed by atoms with Crippen molar-refractivity contribution in [2.75, 3.05) is 13.6 Å². The van der Waals surface area contributed by atoms with E-state index in [9.17, 15) is 14.4 Å². The summed E-state index contributed by atoms with van der Waals surface area (Å²) in [5.41, 5.74) is -0.927. The normalized spacial score (nSPS) is 31.6. The highest BCUT2D eigenvalue weighted by Gasteiger charge is 2.45. The first kappa shape index (κ1) is 18.0. The Morgan fingerprint density at radius 2 is 1.83 bits per heavy atom. The van der Waals surface area contributed by atoms with Gasteiger partial charge in [-0.3, -0.25) is 14.5 Å². The number of fused-ring (bicyclic) bond motifs is 2. The molecule has 3 fully saturated rings. The highest BCUT2D eigenvalue weighted by atomic mass is 35.5. The van der Waals surface area contributed by atoms with Crippen LogP contribution in [0.2, 0.25) is 0 Å². The van der Waals surface area contributed by atoms with E-state index in [2.05, 4.69) is 10.6 Å². The van der Waals surface area contributed by atoms with Crippen molar-refractivity contribution in [2.45, 2.75) is 63.2 Å². The van der Waals surface area contributed by atoms with Crippen LogP contribution in [0.3, 0.4) is 0 Å². The molecule has 0 spiro atoms. The number of likely N-dealkylation sites (N-methyl/N-ethyl adjacent to an activating group) is 1. The third-order valence-electron chi connectivity index (χ3n) is 5.13. The van der Waals surface area contributed by atoms with Gasteiger partial charge in [0.2, 0.25) is 5.91 Å². The second kappa shape index (κ2) is 6.28. The molecule has 0 aromatic carbocycles. The Morgan fingerprint density at radius 3 is 2.30 bits per heavy atom. The van der Waals surface area contributed by atoms with E-state index in [1.165, 1.54) is 12.8 Å². The van der Waals surface area contributed by atoms with E-state index in [1.54, 1.807) is 25.8 Å². The van der Waals surface area contributed by atoms with Crippen molar-refractivity contribution in [3.05, 3.63) is 0 Å². The number of carbonyl (C=O) groups excluding carboxylic acids is 3. The van der Waals surface area contributed by atoms with Crippen LogP contribution in [-0.2, 0) is 9.59 Å². The van der Waals surface area contributed by atoms with Crippen LogP contribution in [0.1, 0.15) is 39.5 Å². The van der Waals surface area contributed by atoms with E-state index in [0.29, 0.717) is 12.1 Å². The Kier molecular flexibility index (Phi) is 4.92. The maximum Gasteiger partial charge on any atom is 0.325 e. The van der Waals surface area contributed by atoms with Crippen LogP contribution in [0.5, 0.6) is 0 Å². The average Bonchev–Trinajstić information content (AvgIpc) is 2.88. The molecule has 23 heavy (non-hydrogen) atoms. The highest BCUT2D eigenvalue weighted by molar-refractivity contribution is 6.08. The van der Waals surface area contributed by atoms with Crippen LogP contribution in [-0.4, -0.2) is 64.9 Å². The van der Waals surface area contributed by atoms with Crippen molar-refractivity contribution in [1.29, 1.82) is 0 Å². The van der Waals surface area contributed by atoms with Crippen molar-refractivity contribution < 1.29 is 14.4 Å². The van der Waals surface area contributed by atoms with Crippen LogP contribution in [0.15, 0.2) is 0 Å². The Morgan fingerprint density at radius 1 is 1.26 bits per heavy atom. The van der Waals surface area contributed by atoms with Crippen molar-refractivity contribution in [2.24, 2.45) is 0 Å². The fourth-order valence-corrected chi connectivity index (χ4v) is 3.76. The van der Waals surface area contributed by atoms with Gasteiger partial charge in [0.05, 0.1) is 0 Å². The summed E-state index contributed by atoms with van der Waals surface area (Å²) in [6.07, 6.45) is 4.24. The van der Waals surface area contributed by atoms with E-state index < -0.39 is 11.6 Å². The molecule has 3 rings (SSSR count). The Bertz CT molecular complexity index is 513. The lowest BCUT2D eigenvalue weighted by Crippen LogP contribution is -2.51. The maximum absolute atomic E-state index is 12.5. The Labute approximate surface area is 142 Å². The number of imide groups is 1. The lowest BCUT2D eigenvalue weighted by Gasteiger charge is -2.36. The summed E-state index contributed by atoms with van der Waals surface area (Å²) in [6, 6.07) is 0.700. The van der Waals surface area contributed by atoms with Crippen LogP contribution in [0.25, 0.3) is 0 Å². The maximum atomic E-state index is 12.5. The smallest absolute Gasteiger partial charge is 0.325 e. The number of carbonyl (C=O) groups is 3. The summed E-state index contributed by atoms with van der Waals surface area (Å²) in [7, 11) is 1.78. The van der Waals surface area contributed by atoms with E-state index >= 15 is 0 Å². The largest absolute Gasteiger partial charge is 0.341 e. The lowest BCUT2D eigenvalue weighted by molar-refractivity contribution is -0.139. The fraction of sp³-hybridized carbons (Fsp3) is 0.800. The zero-order valence-electron chi connectivity index (χ0n) is 13.8. The molecule has 0 aromatic heterocycles. The minimum Gasteiger partial charge on any atom is -0.341 e. The molecule has 2 N–H and O–H groups in total. The zero-order chi connectivity index (χ0) is 16.1. The quantitative estimate of drug-likeness (QED) is 0.730. The van der Waals surface area contributed by atoms with Gasteiger partial charge in [-0.25, -0.2) is 4.79 Å². The molecule has 4 amide bonds. The van der Waals surface area contributed by atoms with Crippen molar-refractivity contribution in [1.82, 2.24) is 20.4 Å². The number of hydrogen-bond donors (Lipinski definition) is 2. The van der Waals surface area contributed by atoms with Gasteiger partial charge in [-0.2, -0.15) is 0 Å². The fourth-order valence-electron chi connectivity index (χ4n) is 3.76. The van der Waals surface area contributed by atoms with Gasteiger partial charge >= 0.3 is 6.03 Å². The van der Waals surface area contributed by atoms with Gasteiger partial charge in [0.1, 0.15) is 12.1 Å². The number of hydrogen-bond acceptors (Lipinski definition) is 4. The molecule has 3 aliphatic heterocycles. The average molecular weight is 345 g/mol. The molecule has 3 saturated heterocycles. The molecule has 2 unspecified atom stereocenters. The zero-order valence-corrected chi connectivity index (χ0v) is 14.6. The number of halogens is 1. The lowest BCUT2D eigenvalue weighted by atomic mass is 9.98. The number of nitrogens with one attached hydrogen (secondary N) is 2. The van der Waals surface area contributed by atoms with E-state index in [0.717, 1.165) is 17.7 Å². The van der Waals surface area contributed by atoms with Crippen LogP contribution in [0.4, 0.5) is 4.79 Å². The van der Waals surface area contributed by atoms with Gasteiger partial charge in [0.25, 0.3) is 5.91 Å². The number of amides is 4. The van der Waals surface area contributed by atoms with Gasteiger partial charge in [-0.1, -0.05) is 0 Å². The predicted octanol–water partition coefficient (Wildman–Crippen LogP) is 0.480. The third-order valence-corrected chi connectivity index (χ3v) is 5.13. The van der Waals surface area contributed by atoms with Crippen molar-refractivity contribution in [3.63, 3.8) is 0 Å². The van der Waals surface area contributed by atoms with Gasteiger partial charge in [0.15, 0.2) is 0 Å². The predicted molar refractivity (Wildman–Crippen MR) is 87.3 cm³/mol. The molecular weight excluding hydrogens is 320 g/mol. The third kappa shape index (κ3) is 3.30. The summed E-state index contributed by atoms with van der Waals surface area (Å²) in [5, 5.41) is 6.14. The molecule has 3 heterocycles. The van der Waals surface area contributed by atoms with E-state index in [4.69, 9.17) is 0 Å². The molecule has 2 bridgehead atoms. The standard InChI is InChI=1S/C15H24N4O3.ClH/c1-15(2)13(21)19(14(22)17-15)8-12(20)18(3)11-6-9-4-5-10(7-11)16-9;/h9-11,16H,4-8H2,1-3H3,(H,17,22);1H. The highest BCUT2D eigenvalue weighted by Crippen LogP contribution is 2.29. The number of piperidine rings is 1. The second-order valence-electron chi connectivity index (χ2n) is 7.21. The Hall–Kier alpha value is -1.34. The van der Waals surface area contributed by atoms with Crippen LogP contribution in [0, 0.1) is 0 Å². The summed E-state index contributed by atoms with van der Waals surface area (Å²) in [6.45, 7) is 3.11. The van der Waals surface area contributed by atoms with Gasteiger partial charge in [-0.05, 0) is 39.5 Å². The van der Waals surface area contributed by atoms with Crippen LogP contribution >= 0.6 is 12.4 Å². The van der Waals surface area contributed by atoms with E-state index in [1.807, 2.05) is 0 Å². The van der Waals surface area contributed by atoms with Gasteiger partial charge in [-0.15, -0.1) is 12.4 Å². The molecule has 0 saturated carbocycles. The summed E-state index contributed by atoms with van der Waals surface area (Å²) >= 11 is 0. The minimum atomic E-state index is -0.927. The van der Waals surface area contributed by atoms with Crippen molar-refractivity contribution >= 4 is 30.3 Å². The molecule has 2 atom stereocenters. The number of rotatable bonds is 3. The molecule has 0 radical (unpaired) electrons. The SMILES string of the molecule is CN(C(=O)CN1C(=O)NC(C)(C)C1=O)C1CC2CCC(C1)N2.Cl. The first-order valence-corrected chi connectivity index (χ1v) is 7.94. The van der Waals surface area contributed by atoms with Gasteiger partial charge < -0.3 is 15.5 Å². The summed E-state index contributed by atoms with van der Waals surface area (Å²) < 4.78 is 0. The van der Waals surface area contributed by atoms with Crippen molar-refractivity contribution in [3.8, 4) is 0 Å². The monoisotopic (exact) mass is 344 g/mol. The van der Waals surface area contributed by atoms with E-state index in [-0.39, 0.29) is 36.8 Å². The number of nitrogens with zero attached hydrogens (tertiary/aromatic N) is 2. The molecular formula is C15H25ClN4O3. The molecule has 0 aromatic rings. The topological polar surface area (TPSA) is 81.8 Å². The summed E-state index contributed by atoms with van der Waals surface area (Å²) in [4.78, 5) is 39.2. The minimum absolute atomic E-state index is 0. The molecule has 8 heteroatoms. The first-order chi connectivity index (χ1) is 10.3. The molecule has 3 aliphatic rings. The Balaban J connectivity index is 0.00000192. The first-order valence-electron chi connectivity index (χ1n) is 7.94. The molecule has 7 nitrogen and oxygen atoms in total. The van der Waals surface area contributed by atoms with Gasteiger partial charge in [0, 0.05) is 25.2 Å². The number of urea groups is 1. The second-order valence-corrected chi connectivity index (χ2v) is 7.21. The molecule has 130 valence electrons. The molecule has 0 aliphatic carbocycles. The van der Waals surface area contributed by atoms with Crippen LogP contribution < -0.4 is 10.6 Å². The summed E-state index contributed by atoms with van der Waals surface area (Å²) in [5.74, 6) is -0.517.